The predicted octanol–water partition coefficient (Wildman–Crippen LogP) is 3.31. The van der Waals surface area contributed by atoms with Crippen LogP contribution in [-0.4, -0.2) is 41.8 Å². The number of rotatable bonds is 4. The summed E-state index contributed by atoms with van der Waals surface area (Å²) in [5, 5.41) is 10.1. The summed E-state index contributed by atoms with van der Waals surface area (Å²) in [5.41, 5.74) is 2.20. The maximum atomic E-state index is 12.6. The number of hydrogen-bond acceptors (Lipinski definition) is 5. The number of amides is 1. The summed E-state index contributed by atoms with van der Waals surface area (Å²) >= 11 is 0. The number of carbonyl (C=O) groups excluding carboxylic acids is 2. The van der Waals surface area contributed by atoms with E-state index in [2.05, 4.69) is 0 Å². The van der Waals surface area contributed by atoms with E-state index in [0.717, 1.165) is 11.1 Å². The standard InChI is InChI=1S/C21H23NO5/c1-26-20(24)17-9-7-16(8-10-17)19-13-18(23)11-12-22(19)21(25)27-14-15-5-3-2-4-6-15/h2-10,18-19,23H,11-14H2,1H3/t18-,19?/m0/s1. The highest BCUT2D eigenvalue weighted by Gasteiger charge is 2.33. The molecule has 1 fully saturated rings. The van der Waals surface area contributed by atoms with E-state index in [-0.39, 0.29) is 12.6 Å². The minimum atomic E-state index is -0.478. The van der Waals surface area contributed by atoms with Crippen molar-refractivity contribution in [3.8, 4) is 0 Å². The lowest BCUT2D eigenvalue weighted by Gasteiger charge is -2.37. The van der Waals surface area contributed by atoms with E-state index in [1.165, 1.54) is 7.11 Å². The molecule has 0 aliphatic carbocycles. The Labute approximate surface area is 158 Å². The number of piperidine rings is 1. The van der Waals surface area contributed by atoms with Gasteiger partial charge in [-0.2, -0.15) is 0 Å². The van der Waals surface area contributed by atoms with Crippen LogP contribution in [-0.2, 0) is 16.1 Å². The number of benzene rings is 2. The van der Waals surface area contributed by atoms with Crippen LogP contribution in [0, 0.1) is 0 Å². The summed E-state index contributed by atoms with van der Waals surface area (Å²) in [6.07, 6.45) is 0.0519. The zero-order valence-electron chi connectivity index (χ0n) is 15.2. The first-order valence-electron chi connectivity index (χ1n) is 8.92. The molecule has 1 aliphatic heterocycles. The largest absolute Gasteiger partial charge is 0.465 e. The number of ether oxygens (including phenoxy) is 2. The van der Waals surface area contributed by atoms with Gasteiger partial charge in [0.15, 0.2) is 0 Å². The minimum absolute atomic E-state index is 0.201. The second kappa shape index (κ2) is 8.68. The van der Waals surface area contributed by atoms with Crippen LogP contribution >= 0.6 is 0 Å². The molecule has 1 N–H and O–H groups in total. The third-order valence-corrected chi connectivity index (χ3v) is 4.73. The van der Waals surface area contributed by atoms with E-state index >= 15 is 0 Å². The van der Waals surface area contributed by atoms with E-state index < -0.39 is 18.2 Å². The maximum Gasteiger partial charge on any atom is 0.410 e. The molecule has 0 bridgehead atoms. The number of nitrogens with zero attached hydrogens (tertiary/aromatic N) is 1. The molecule has 6 heteroatoms. The van der Waals surface area contributed by atoms with E-state index in [9.17, 15) is 14.7 Å². The molecule has 2 aromatic carbocycles. The van der Waals surface area contributed by atoms with Crippen LogP contribution in [0.5, 0.6) is 0 Å². The number of carbonyl (C=O) groups is 2. The van der Waals surface area contributed by atoms with Crippen molar-refractivity contribution >= 4 is 12.1 Å². The van der Waals surface area contributed by atoms with Crippen LogP contribution in [0.2, 0.25) is 0 Å². The van der Waals surface area contributed by atoms with Crippen LogP contribution in [0.25, 0.3) is 0 Å². The molecule has 0 radical (unpaired) electrons. The summed E-state index contributed by atoms with van der Waals surface area (Å²) in [4.78, 5) is 25.9. The Hall–Kier alpha value is -2.86. The van der Waals surface area contributed by atoms with Gasteiger partial charge in [0.05, 0.1) is 24.8 Å². The normalized spacial score (nSPS) is 19.4. The minimum Gasteiger partial charge on any atom is -0.465 e. The molecular weight excluding hydrogens is 346 g/mol. The molecule has 3 rings (SSSR count). The van der Waals surface area contributed by atoms with Gasteiger partial charge in [0.2, 0.25) is 0 Å². The molecule has 2 aromatic rings. The molecule has 0 spiro atoms. The lowest BCUT2D eigenvalue weighted by molar-refractivity contribution is 0.0259. The van der Waals surface area contributed by atoms with Crippen LogP contribution in [0.4, 0.5) is 4.79 Å². The van der Waals surface area contributed by atoms with Crippen molar-refractivity contribution in [2.45, 2.75) is 31.6 Å². The second-order valence-electron chi connectivity index (χ2n) is 6.54. The molecule has 2 atom stereocenters. The van der Waals surface area contributed by atoms with Crippen molar-refractivity contribution in [2.24, 2.45) is 0 Å². The monoisotopic (exact) mass is 369 g/mol. The van der Waals surface area contributed by atoms with E-state index in [0.29, 0.717) is 24.9 Å². The van der Waals surface area contributed by atoms with Crippen LogP contribution < -0.4 is 0 Å². The topological polar surface area (TPSA) is 76.1 Å². The Balaban J connectivity index is 1.72. The number of aliphatic hydroxyl groups excluding tert-OH is 1. The summed E-state index contributed by atoms with van der Waals surface area (Å²) < 4.78 is 10.2. The molecule has 1 saturated heterocycles. The van der Waals surface area contributed by atoms with E-state index in [1.54, 1.807) is 29.2 Å². The molecular formula is C21H23NO5. The predicted molar refractivity (Wildman–Crippen MR) is 99.1 cm³/mol. The zero-order valence-corrected chi connectivity index (χ0v) is 15.2. The van der Waals surface area contributed by atoms with Gasteiger partial charge in [0.1, 0.15) is 6.61 Å². The maximum absolute atomic E-state index is 12.6. The molecule has 27 heavy (non-hydrogen) atoms. The van der Waals surface area contributed by atoms with Crippen molar-refractivity contribution < 1.29 is 24.2 Å². The summed E-state index contributed by atoms with van der Waals surface area (Å²) in [5.74, 6) is -0.413. The summed E-state index contributed by atoms with van der Waals surface area (Å²) in [6, 6.07) is 16.1. The van der Waals surface area contributed by atoms with Gasteiger partial charge < -0.3 is 19.5 Å². The van der Waals surface area contributed by atoms with Gasteiger partial charge in [0, 0.05) is 6.54 Å². The van der Waals surface area contributed by atoms with Gasteiger partial charge in [-0.25, -0.2) is 9.59 Å². The van der Waals surface area contributed by atoms with Gasteiger partial charge in [0.25, 0.3) is 0 Å². The zero-order chi connectivity index (χ0) is 19.2. The van der Waals surface area contributed by atoms with Crippen molar-refractivity contribution in [2.75, 3.05) is 13.7 Å². The Morgan fingerprint density at radius 2 is 1.81 bits per heavy atom. The van der Waals surface area contributed by atoms with Crippen molar-refractivity contribution in [1.29, 1.82) is 0 Å². The quantitative estimate of drug-likeness (QED) is 0.837. The highest BCUT2D eigenvalue weighted by Crippen LogP contribution is 2.32. The summed E-state index contributed by atoms with van der Waals surface area (Å²) in [6.45, 7) is 0.616. The van der Waals surface area contributed by atoms with Crippen molar-refractivity contribution in [3.05, 3.63) is 71.3 Å². The lowest BCUT2D eigenvalue weighted by atomic mass is 9.93. The fourth-order valence-electron chi connectivity index (χ4n) is 3.24. The number of likely N-dealkylation sites (tertiary alicyclic amines) is 1. The van der Waals surface area contributed by atoms with Crippen LogP contribution in [0.1, 0.15) is 40.4 Å². The first-order chi connectivity index (χ1) is 13.1. The Kier molecular flexibility index (Phi) is 6.08. The van der Waals surface area contributed by atoms with Gasteiger partial charge in [-0.3, -0.25) is 0 Å². The third kappa shape index (κ3) is 4.65. The Morgan fingerprint density at radius 1 is 1.11 bits per heavy atom. The van der Waals surface area contributed by atoms with Crippen LogP contribution in [0.3, 0.4) is 0 Å². The molecule has 1 unspecified atom stereocenters. The van der Waals surface area contributed by atoms with Crippen molar-refractivity contribution in [1.82, 2.24) is 4.90 Å². The van der Waals surface area contributed by atoms with Gasteiger partial charge in [-0.15, -0.1) is 0 Å². The average Bonchev–Trinajstić information content (AvgIpc) is 2.72. The molecule has 1 aliphatic rings. The van der Waals surface area contributed by atoms with Gasteiger partial charge in [-0.05, 0) is 36.1 Å². The molecule has 1 heterocycles. The highest BCUT2D eigenvalue weighted by molar-refractivity contribution is 5.89. The first-order valence-corrected chi connectivity index (χ1v) is 8.92. The fraction of sp³-hybridized carbons (Fsp3) is 0.333. The number of aliphatic hydroxyl groups is 1. The third-order valence-electron chi connectivity index (χ3n) is 4.73. The molecule has 0 aromatic heterocycles. The highest BCUT2D eigenvalue weighted by atomic mass is 16.6. The van der Waals surface area contributed by atoms with Gasteiger partial charge >= 0.3 is 12.1 Å². The Morgan fingerprint density at radius 3 is 2.48 bits per heavy atom. The number of hydrogen-bond donors (Lipinski definition) is 1. The average molecular weight is 369 g/mol. The lowest BCUT2D eigenvalue weighted by Crippen LogP contribution is -2.42. The number of methoxy groups -OCH3 is 1. The van der Waals surface area contributed by atoms with E-state index in [1.807, 2.05) is 30.3 Å². The second-order valence-corrected chi connectivity index (χ2v) is 6.54. The SMILES string of the molecule is COC(=O)c1ccc(C2C[C@@H](O)CCN2C(=O)OCc2ccccc2)cc1. The number of esters is 1. The fourth-order valence-corrected chi connectivity index (χ4v) is 3.24. The summed E-state index contributed by atoms with van der Waals surface area (Å²) in [7, 11) is 1.33. The smallest absolute Gasteiger partial charge is 0.410 e. The van der Waals surface area contributed by atoms with Crippen LogP contribution in [0.15, 0.2) is 54.6 Å². The van der Waals surface area contributed by atoms with E-state index in [4.69, 9.17) is 9.47 Å². The molecule has 0 saturated carbocycles. The molecule has 6 nitrogen and oxygen atoms in total. The molecule has 1 amide bonds. The van der Waals surface area contributed by atoms with Crippen molar-refractivity contribution in [3.63, 3.8) is 0 Å². The molecule has 142 valence electrons. The Bertz CT molecular complexity index is 775. The van der Waals surface area contributed by atoms with Gasteiger partial charge in [-0.1, -0.05) is 42.5 Å². The first kappa shape index (κ1) is 18.9.